The van der Waals surface area contributed by atoms with Gasteiger partial charge in [0, 0.05) is 23.2 Å². The highest BCUT2D eigenvalue weighted by Crippen LogP contribution is 2.30. The van der Waals surface area contributed by atoms with Crippen LogP contribution < -0.4 is 14.8 Å². The first-order valence-corrected chi connectivity index (χ1v) is 8.27. The number of nitrogens with one attached hydrogen (secondary N) is 1. The fourth-order valence-corrected chi connectivity index (χ4v) is 2.64. The molecule has 0 aliphatic heterocycles. The lowest BCUT2D eigenvalue weighted by molar-refractivity contribution is 0.102. The van der Waals surface area contributed by atoms with Crippen LogP contribution in [0.3, 0.4) is 0 Å². The molecule has 5 heteroatoms. The topological polar surface area (TPSA) is 60.5 Å². The maximum absolute atomic E-state index is 12.8. The van der Waals surface area contributed by atoms with Crippen LogP contribution in [0.1, 0.15) is 24.2 Å². The number of hydrogen-bond acceptors (Lipinski definition) is 4. The van der Waals surface area contributed by atoms with Gasteiger partial charge in [0.15, 0.2) is 0 Å². The lowest BCUT2D eigenvalue weighted by atomic mass is 10.1. The quantitative estimate of drug-likeness (QED) is 0.730. The number of anilines is 1. The highest BCUT2D eigenvalue weighted by atomic mass is 16.5. The van der Waals surface area contributed by atoms with Crippen molar-refractivity contribution >= 4 is 22.5 Å². The number of fused-ring (bicyclic) bond motifs is 1. The fraction of sp³-hybridized carbons (Fsp3) is 0.200. The number of pyridine rings is 1. The molecule has 3 aromatic rings. The van der Waals surface area contributed by atoms with Crippen LogP contribution >= 0.6 is 0 Å². The summed E-state index contributed by atoms with van der Waals surface area (Å²) in [5, 5.41) is 3.74. The number of amides is 1. The first-order chi connectivity index (χ1) is 12.2. The Bertz CT molecular complexity index is 888. The Hall–Kier alpha value is -3.08. The van der Waals surface area contributed by atoms with Gasteiger partial charge in [0.2, 0.25) is 0 Å². The average Bonchev–Trinajstić information content (AvgIpc) is 2.63. The molecular weight excluding hydrogens is 316 g/mol. The number of carbonyl (C=O) groups excluding carboxylic acids is 1. The molecule has 0 saturated heterocycles. The zero-order chi connectivity index (χ0) is 17.6. The van der Waals surface area contributed by atoms with Crippen LogP contribution in [0.5, 0.6) is 11.5 Å². The molecule has 0 spiro atoms. The van der Waals surface area contributed by atoms with E-state index in [9.17, 15) is 4.79 Å². The Labute approximate surface area is 146 Å². The molecule has 5 nitrogen and oxygen atoms in total. The predicted octanol–water partition coefficient (Wildman–Crippen LogP) is 4.28. The van der Waals surface area contributed by atoms with Crippen molar-refractivity contribution in [2.24, 2.45) is 0 Å². The van der Waals surface area contributed by atoms with E-state index in [0.29, 0.717) is 36.0 Å². The molecule has 0 saturated carbocycles. The van der Waals surface area contributed by atoms with Gasteiger partial charge in [-0.25, -0.2) is 0 Å². The number of nitrogens with zero attached hydrogens (tertiary/aromatic N) is 1. The van der Waals surface area contributed by atoms with Crippen molar-refractivity contribution in [2.45, 2.75) is 13.8 Å². The van der Waals surface area contributed by atoms with Gasteiger partial charge >= 0.3 is 0 Å². The maximum Gasteiger partial charge on any atom is 0.256 e. The Balaban J connectivity index is 1.95. The van der Waals surface area contributed by atoms with E-state index >= 15 is 0 Å². The van der Waals surface area contributed by atoms with Crippen LogP contribution in [0.2, 0.25) is 0 Å². The summed E-state index contributed by atoms with van der Waals surface area (Å²) in [6.07, 6.45) is 1.71. The van der Waals surface area contributed by atoms with Gasteiger partial charge < -0.3 is 14.8 Å². The Morgan fingerprint density at radius 3 is 2.68 bits per heavy atom. The lowest BCUT2D eigenvalue weighted by Gasteiger charge is -2.14. The smallest absolute Gasteiger partial charge is 0.256 e. The molecule has 2 aromatic carbocycles. The summed E-state index contributed by atoms with van der Waals surface area (Å²) in [4.78, 5) is 17.1. The van der Waals surface area contributed by atoms with Crippen molar-refractivity contribution in [3.63, 3.8) is 0 Å². The van der Waals surface area contributed by atoms with E-state index in [-0.39, 0.29) is 5.91 Å². The summed E-state index contributed by atoms with van der Waals surface area (Å²) >= 11 is 0. The van der Waals surface area contributed by atoms with E-state index in [0.717, 1.165) is 10.9 Å². The zero-order valence-corrected chi connectivity index (χ0v) is 14.3. The second-order valence-corrected chi connectivity index (χ2v) is 5.35. The SMILES string of the molecule is CCOc1ccc(OCC)c(NC(=O)c2cccc3ncccc23)c1. The van der Waals surface area contributed by atoms with E-state index in [4.69, 9.17) is 9.47 Å². The molecule has 3 rings (SSSR count). The first kappa shape index (κ1) is 16.8. The summed E-state index contributed by atoms with van der Waals surface area (Å²) in [5.41, 5.74) is 1.93. The number of carbonyl (C=O) groups is 1. The molecule has 0 unspecified atom stereocenters. The van der Waals surface area contributed by atoms with Crippen LogP contribution in [0.25, 0.3) is 10.9 Å². The molecule has 1 amide bonds. The minimum atomic E-state index is -0.215. The molecule has 0 bridgehead atoms. The molecule has 1 N–H and O–H groups in total. The van der Waals surface area contributed by atoms with Crippen LogP contribution in [0, 0.1) is 0 Å². The predicted molar refractivity (Wildman–Crippen MR) is 98.5 cm³/mol. The van der Waals surface area contributed by atoms with E-state index in [1.165, 1.54) is 0 Å². The van der Waals surface area contributed by atoms with E-state index in [1.807, 2.05) is 44.2 Å². The maximum atomic E-state index is 12.8. The molecule has 0 aliphatic rings. The molecule has 25 heavy (non-hydrogen) atoms. The molecule has 0 fully saturated rings. The van der Waals surface area contributed by atoms with Crippen LogP contribution in [0.15, 0.2) is 54.7 Å². The Morgan fingerprint density at radius 2 is 1.88 bits per heavy atom. The van der Waals surface area contributed by atoms with Crippen molar-refractivity contribution in [3.8, 4) is 11.5 Å². The highest BCUT2D eigenvalue weighted by molar-refractivity contribution is 6.12. The second-order valence-electron chi connectivity index (χ2n) is 5.35. The number of ether oxygens (including phenoxy) is 2. The van der Waals surface area contributed by atoms with E-state index in [2.05, 4.69) is 10.3 Å². The Morgan fingerprint density at radius 1 is 1.04 bits per heavy atom. The molecule has 128 valence electrons. The third-order valence-electron chi connectivity index (χ3n) is 3.70. The van der Waals surface area contributed by atoms with E-state index < -0.39 is 0 Å². The van der Waals surface area contributed by atoms with Crippen LogP contribution in [-0.4, -0.2) is 24.1 Å². The summed E-state index contributed by atoms with van der Waals surface area (Å²) in [5.74, 6) is 1.08. The highest BCUT2D eigenvalue weighted by Gasteiger charge is 2.14. The van der Waals surface area contributed by atoms with Gasteiger partial charge in [-0.05, 0) is 44.2 Å². The van der Waals surface area contributed by atoms with E-state index in [1.54, 1.807) is 24.4 Å². The van der Waals surface area contributed by atoms with Crippen molar-refractivity contribution in [1.29, 1.82) is 0 Å². The van der Waals surface area contributed by atoms with Crippen molar-refractivity contribution in [1.82, 2.24) is 4.98 Å². The molecule has 1 heterocycles. The Kier molecular flexibility index (Phi) is 5.14. The zero-order valence-electron chi connectivity index (χ0n) is 14.3. The third kappa shape index (κ3) is 3.71. The number of benzene rings is 2. The van der Waals surface area contributed by atoms with Crippen molar-refractivity contribution < 1.29 is 14.3 Å². The normalized spacial score (nSPS) is 10.5. The van der Waals surface area contributed by atoms with Gasteiger partial charge in [0.25, 0.3) is 5.91 Å². The van der Waals surface area contributed by atoms with Crippen molar-refractivity contribution in [3.05, 3.63) is 60.3 Å². The average molecular weight is 336 g/mol. The number of rotatable bonds is 6. The summed E-state index contributed by atoms with van der Waals surface area (Å²) in [6, 6.07) is 14.6. The summed E-state index contributed by atoms with van der Waals surface area (Å²) < 4.78 is 11.1. The molecule has 0 aliphatic carbocycles. The minimum absolute atomic E-state index is 0.215. The van der Waals surface area contributed by atoms with Gasteiger partial charge in [-0.15, -0.1) is 0 Å². The number of hydrogen-bond donors (Lipinski definition) is 1. The largest absolute Gasteiger partial charge is 0.494 e. The molecule has 1 aromatic heterocycles. The van der Waals surface area contributed by atoms with Crippen LogP contribution in [0.4, 0.5) is 5.69 Å². The molecular formula is C20H20N2O3. The van der Waals surface area contributed by atoms with Gasteiger partial charge in [-0.1, -0.05) is 12.1 Å². The third-order valence-corrected chi connectivity index (χ3v) is 3.70. The van der Waals surface area contributed by atoms with Gasteiger partial charge in [0.05, 0.1) is 24.4 Å². The van der Waals surface area contributed by atoms with Gasteiger partial charge in [-0.3, -0.25) is 9.78 Å². The fourth-order valence-electron chi connectivity index (χ4n) is 2.64. The summed E-state index contributed by atoms with van der Waals surface area (Å²) in [7, 11) is 0. The second kappa shape index (κ2) is 7.66. The monoisotopic (exact) mass is 336 g/mol. The summed E-state index contributed by atoms with van der Waals surface area (Å²) in [6.45, 7) is 4.88. The first-order valence-electron chi connectivity index (χ1n) is 8.27. The lowest BCUT2D eigenvalue weighted by Crippen LogP contribution is -2.13. The molecule has 0 atom stereocenters. The van der Waals surface area contributed by atoms with Crippen molar-refractivity contribution in [2.75, 3.05) is 18.5 Å². The van der Waals surface area contributed by atoms with Crippen LogP contribution in [-0.2, 0) is 0 Å². The van der Waals surface area contributed by atoms with Gasteiger partial charge in [-0.2, -0.15) is 0 Å². The number of aromatic nitrogens is 1. The standard InChI is InChI=1S/C20H20N2O3/c1-3-24-14-10-11-19(25-4-2)18(13-14)22-20(23)16-7-5-9-17-15(16)8-6-12-21-17/h5-13H,3-4H2,1-2H3,(H,22,23). The van der Waals surface area contributed by atoms with Gasteiger partial charge in [0.1, 0.15) is 11.5 Å². The molecule has 0 radical (unpaired) electrons. The minimum Gasteiger partial charge on any atom is -0.494 e.